The standard InChI is InChI=1S/C20H14F2N4O3S/c21-19(22)30(28,29)16-8-4-14(5-9-16)18(27)24-15-6-2-13(3-7-15)17-12-26-11-1-10-23-20(26)25-17/h1-12,19H,(H,24,27). The molecule has 2 aromatic carbocycles. The average molecular weight is 428 g/mol. The molecule has 0 bridgehead atoms. The highest BCUT2D eigenvalue weighted by molar-refractivity contribution is 7.91. The highest BCUT2D eigenvalue weighted by Gasteiger charge is 2.26. The lowest BCUT2D eigenvalue weighted by Gasteiger charge is -2.07. The van der Waals surface area contributed by atoms with Crippen LogP contribution < -0.4 is 5.32 Å². The molecule has 0 spiro atoms. The van der Waals surface area contributed by atoms with Crippen molar-refractivity contribution >= 4 is 27.2 Å². The fourth-order valence-corrected chi connectivity index (χ4v) is 3.52. The van der Waals surface area contributed by atoms with E-state index >= 15 is 0 Å². The van der Waals surface area contributed by atoms with Crippen LogP contribution in [0.15, 0.2) is 78.1 Å². The summed E-state index contributed by atoms with van der Waals surface area (Å²) in [6.07, 6.45) is 5.33. The van der Waals surface area contributed by atoms with Crippen molar-refractivity contribution in [1.82, 2.24) is 14.4 Å². The lowest BCUT2D eigenvalue weighted by atomic mass is 10.1. The number of halogens is 2. The van der Waals surface area contributed by atoms with Crippen LogP contribution in [0.4, 0.5) is 14.5 Å². The van der Waals surface area contributed by atoms with E-state index in [0.717, 1.165) is 23.4 Å². The van der Waals surface area contributed by atoms with Crippen LogP contribution in [0.25, 0.3) is 17.0 Å². The Labute approximate surface area is 170 Å². The van der Waals surface area contributed by atoms with E-state index in [1.54, 1.807) is 40.9 Å². The molecule has 0 aliphatic heterocycles. The number of carbonyl (C=O) groups is 1. The molecular weight excluding hydrogens is 414 g/mol. The van der Waals surface area contributed by atoms with Gasteiger partial charge in [0.05, 0.1) is 10.6 Å². The van der Waals surface area contributed by atoms with Crippen LogP contribution in [-0.4, -0.2) is 34.5 Å². The largest absolute Gasteiger partial charge is 0.341 e. The fraction of sp³-hybridized carbons (Fsp3) is 0.0500. The van der Waals surface area contributed by atoms with Crippen molar-refractivity contribution in [3.63, 3.8) is 0 Å². The van der Waals surface area contributed by atoms with Gasteiger partial charge in [0.1, 0.15) is 0 Å². The van der Waals surface area contributed by atoms with Gasteiger partial charge in [-0.15, -0.1) is 0 Å². The van der Waals surface area contributed by atoms with Crippen LogP contribution in [-0.2, 0) is 9.84 Å². The van der Waals surface area contributed by atoms with E-state index < -0.39 is 26.4 Å². The number of sulfone groups is 1. The lowest BCUT2D eigenvalue weighted by Crippen LogP contribution is -2.14. The summed E-state index contributed by atoms with van der Waals surface area (Å²) in [5.74, 6) is -3.44. The Morgan fingerprint density at radius 1 is 1.03 bits per heavy atom. The Bertz CT molecular complexity index is 1290. The van der Waals surface area contributed by atoms with Gasteiger partial charge in [0.25, 0.3) is 5.91 Å². The third-order valence-electron chi connectivity index (χ3n) is 4.35. The minimum atomic E-state index is -4.70. The first-order valence-electron chi connectivity index (χ1n) is 8.68. The molecule has 4 aromatic rings. The second kappa shape index (κ2) is 7.64. The van der Waals surface area contributed by atoms with Crippen molar-refractivity contribution in [2.45, 2.75) is 10.7 Å². The minimum absolute atomic E-state index is 0.138. The molecule has 30 heavy (non-hydrogen) atoms. The maximum absolute atomic E-state index is 12.6. The summed E-state index contributed by atoms with van der Waals surface area (Å²) >= 11 is 0. The van der Waals surface area contributed by atoms with E-state index in [4.69, 9.17) is 0 Å². The van der Waals surface area contributed by atoms with Crippen LogP contribution >= 0.6 is 0 Å². The first kappa shape index (κ1) is 19.6. The van der Waals surface area contributed by atoms with Crippen LogP contribution in [0.3, 0.4) is 0 Å². The molecule has 1 amide bonds. The van der Waals surface area contributed by atoms with Crippen molar-refractivity contribution in [2.75, 3.05) is 5.32 Å². The summed E-state index contributed by atoms with van der Waals surface area (Å²) in [6, 6.07) is 13.1. The number of nitrogens with one attached hydrogen (secondary N) is 1. The fourth-order valence-electron chi connectivity index (χ4n) is 2.80. The number of hydrogen-bond donors (Lipinski definition) is 1. The molecule has 10 heteroatoms. The monoisotopic (exact) mass is 428 g/mol. The molecule has 2 aromatic heterocycles. The summed E-state index contributed by atoms with van der Waals surface area (Å²) in [7, 11) is -4.70. The number of carbonyl (C=O) groups excluding carboxylic acids is 1. The third kappa shape index (κ3) is 3.77. The van der Waals surface area contributed by atoms with Gasteiger partial charge in [-0.2, -0.15) is 8.78 Å². The van der Waals surface area contributed by atoms with E-state index in [2.05, 4.69) is 15.3 Å². The second-order valence-corrected chi connectivity index (χ2v) is 8.23. The summed E-state index contributed by atoms with van der Waals surface area (Å²) in [6.45, 7) is 0. The van der Waals surface area contributed by atoms with Crippen LogP contribution in [0.1, 0.15) is 10.4 Å². The Morgan fingerprint density at radius 3 is 2.37 bits per heavy atom. The second-order valence-electron chi connectivity index (χ2n) is 6.31. The van der Waals surface area contributed by atoms with E-state index in [-0.39, 0.29) is 5.56 Å². The van der Waals surface area contributed by atoms with Gasteiger partial charge in [0, 0.05) is 35.4 Å². The molecule has 4 rings (SSSR count). The first-order valence-corrected chi connectivity index (χ1v) is 10.2. The van der Waals surface area contributed by atoms with Crippen LogP contribution in [0, 0.1) is 0 Å². The van der Waals surface area contributed by atoms with Gasteiger partial charge in [0.2, 0.25) is 15.6 Å². The third-order valence-corrected chi connectivity index (χ3v) is 5.75. The maximum atomic E-state index is 12.6. The number of aromatic nitrogens is 3. The molecule has 0 saturated carbocycles. The topological polar surface area (TPSA) is 93.4 Å². The zero-order valence-corrected chi connectivity index (χ0v) is 16.1. The molecule has 0 radical (unpaired) electrons. The summed E-state index contributed by atoms with van der Waals surface area (Å²) in [5.41, 5.74) is 2.20. The summed E-state index contributed by atoms with van der Waals surface area (Å²) in [5, 5.41) is 2.67. The van der Waals surface area contributed by atoms with E-state index in [1.807, 2.05) is 12.4 Å². The number of nitrogens with zero attached hydrogens (tertiary/aromatic N) is 3. The van der Waals surface area contributed by atoms with Crippen molar-refractivity contribution < 1.29 is 22.0 Å². The number of alkyl halides is 2. The highest BCUT2D eigenvalue weighted by atomic mass is 32.2. The molecular formula is C20H14F2N4O3S. The van der Waals surface area contributed by atoms with Crippen LogP contribution in [0.5, 0.6) is 0 Å². The van der Waals surface area contributed by atoms with Crippen molar-refractivity contribution in [3.8, 4) is 11.3 Å². The Balaban J connectivity index is 1.48. The van der Waals surface area contributed by atoms with Gasteiger partial charge < -0.3 is 5.32 Å². The molecule has 0 fully saturated rings. The number of anilines is 1. The number of hydrogen-bond acceptors (Lipinski definition) is 5. The highest BCUT2D eigenvalue weighted by Crippen LogP contribution is 2.22. The average Bonchev–Trinajstić information content (AvgIpc) is 3.18. The van der Waals surface area contributed by atoms with Gasteiger partial charge in [-0.3, -0.25) is 9.20 Å². The molecule has 0 aliphatic carbocycles. The number of fused-ring (bicyclic) bond motifs is 1. The number of imidazole rings is 1. The summed E-state index contributed by atoms with van der Waals surface area (Å²) in [4.78, 5) is 20.4. The zero-order chi connectivity index (χ0) is 21.3. The zero-order valence-electron chi connectivity index (χ0n) is 15.2. The van der Waals surface area contributed by atoms with Gasteiger partial charge >= 0.3 is 5.76 Å². The number of amides is 1. The molecule has 2 heterocycles. The Kier molecular flexibility index (Phi) is 5.00. The van der Waals surface area contributed by atoms with Gasteiger partial charge in [0.15, 0.2) is 0 Å². The normalized spacial score (nSPS) is 11.7. The Morgan fingerprint density at radius 2 is 1.73 bits per heavy atom. The predicted octanol–water partition coefficient (Wildman–Crippen LogP) is 3.64. The Hall–Kier alpha value is -3.66. The van der Waals surface area contributed by atoms with Gasteiger partial charge in [-0.25, -0.2) is 18.4 Å². The molecule has 0 saturated heterocycles. The SMILES string of the molecule is O=C(Nc1ccc(-c2cn3cccnc3n2)cc1)c1ccc(S(=O)(=O)C(F)F)cc1. The number of rotatable bonds is 5. The first-order chi connectivity index (χ1) is 14.3. The molecule has 0 atom stereocenters. The maximum Gasteiger partial charge on any atom is 0.341 e. The quantitative estimate of drug-likeness (QED) is 0.524. The summed E-state index contributed by atoms with van der Waals surface area (Å²) < 4.78 is 49.9. The lowest BCUT2D eigenvalue weighted by molar-refractivity contribution is 0.102. The van der Waals surface area contributed by atoms with Crippen molar-refractivity contribution in [1.29, 1.82) is 0 Å². The minimum Gasteiger partial charge on any atom is -0.322 e. The van der Waals surface area contributed by atoms with E-state index in [0.29, 0.717) is 11.5 Å². The van der Waals surface area contributed by atoms with Crippen LogP contribution in [0.2, 0.25) is 0 Å². The van der Waals surface area contributed by atoms with Crippen molar-refractivity contribution in [2.24, 2.45) is 0 Å². The molecule has 0 unspecified atom stereocenters. The molecule has 1 N–H and O–H groups in total. The predicted molar refractivity (Wildman–Crippen MR) is 106 cm³/mol. The van der Waals surface area contributed by atoms with Crippen molar-refractivity contribution in [3.05, 3.63) is 78.8 Å². The number of benzene rings is 2. The van der Waals surface area contributed by atoms with E-state index in [9.17, 15) is 22.0 Å². The molecule has 0 aliphatic rings. The smallest absolute Gasteiger partial charge is 0.322 e. The molecule has 7 nitrogen and oxygen atoms in total. The van der Waals surface area contributed by atoms with E-state index in [1.165, 1.54) is 12.1 Å². The van der Waals surface area contributed by atoms with Gasteiger partial charge in [-0.05, 0) is 42.5 Å². The molecule has 152 valence electrons. The van der Waals surface area contributed by atoms with Gasteiger partial charge in [-0.1, -0.05) is 12.1 Å².